The van der Waals surface area contributed by atoms with E-state index in [4.69, 9.17) is 15.2 Å². The molecule has 1 aliphatic rings. The van der Waals surface area contributed by atoms with Gasteiger partial charge in [-0.15, -0.1) is 34.0 Å². The molecule has 0 aliphatic carbocycles. The SMILES string of the molecule is Br.Br.COc1ccc(N2CCOCC2)c2sc(N)nc12. The topological polar surface area (TPSA) is 60.6 Å². The third-order valence-electron chi connectivity index (χ3n) is 3.07. The normalized spacial score (nSPS) is 14.6. The number of morpholine rings is 1. The van der Waals surface area contributed by atoms with Gasteiger partial charge in [0.1, 0.15) is 11.3 Å². The number of hydrogen-bond donors (Lipinski definition) is 1. The van der Waals surface area contributed by atoms with E-state index in [1.165, 1.54) is 17.0 Å². The first-order valence-corrected chi connectivity index (χ1v) is 6.67. The molecule has 2 aromatic rings. The molecule has 3 rings (SSSR count). The van der Waals surface area contributed by atoms with Gasteiger partial charge in [-0.05, 0) is 12.1 Å². The Hall–Kier alpha value is -0.570. The minimum absolute atomic E-state index is 0. The van der Waals surface area contributed by atoms with Crippen LogP contribution in [0.2, 0.25) is 0 Å². The van der Waals surface area contributed by atoms with Crippen LogP contribution in [0.3, 0.4) is 0 Å². The van der Waals surface area contributed by atoms with E-state index in [1.54, 1.807) is 7.11 Å². The number of thiazole rings is 1. The van der Waals surface area contributed by atoms with Gasteiger partial charge in [0, 0.05) is 13.1 Å². The largest absolute Gasteiger partial charge is 0.494 e. The molecule has 0 unspecified atom stereocenters. The maximum absolute atomic E-state index is 5.82. The number of nitrogens with two attached hydrogens (primary N) is 1. The van der Waals surface area contributed by atoms with Gasteiger partial charge in [0.15, 0.2) is 5.13 Å². The van der Waals surface area contributed by atoms with Crippen molar-refractivity contribution in [2.75, 3.05) is 44.0 Å². The molecule has 20 heavy (non-hydrogen) atoms. The lowest BCUT2D eigenvalue weighted by atomic mass is 10.2. The average Bonchev–Trinajstić information content (AvgIpc) is 2.80. The standard InChI is InChI=1S/C12H15N3O2S.2BrH/c1-16-9-3-2-8(15-4-6-17-7-5-15)11-10(9)14-12(13)18-11;;/h2-3H,4-7H2,1H3,(H2,13,14);2*1H. The minimum atomic E-state index is 0. The molecule has 1 aliphatic heterocycles. The monoisotopic (exact) mass is 425 g/mol. The smallest absolute Gasteiger partial charge is 0.181 e. The number of rotatable bonds is 2. The Morgan fingerprint density at radius 2 is 2.00 bits per heavy atom. The zero-order chi connectivity index (χ0) is 12.5. The highest BCUT2D eigenvalue weighted by atomic mass is 79.9. The number of aromatic nitrogens is 1. The maximum Gasteiger partial charge on any atom is 0.181 e. The van der Waals surface area contributed by atoms with Crippen molar-refractivity contribution >= 4 is 66.3 Å². The Morgan fingerprint density at radius 3 is 2.65 bits per heavy atom. The molecule has 0 saturated carbocycles. The summed E-state index contributed by atoms with van der Waals surface area (Å²) in [6.45, 7) is 3.34. The van der Waals surface area contributed by atoms with Crippen LogP contribution >= 0.6 is 45.3 Å². The number of anilines is 2. The van der Waals surface area contributed by atoms with Crippen LogP contribution in [0.4, 0.5) is 10.8 Å². The Morgan fingerprint density at radius 1 is 1.30 bits per heavy atom. The zero-order valence-electron chi connectivity index (χ0n) is 11.0. The van der Waals surface area contributed by atoms with Crippen LogP contribution in [0.15, 0.2) is 12.1 Å². The molecule has 0 spiro atoms. The first-order chi connectivity index (χ1) is 8.79. The Kier molecular flexibility index (Phi) is 6.50. The molecule has 0 radical (unpaired) electrons. The van der Waals surface area contributed by atoms with Crippen molar-refractivity contribution in [1.29, 1.82) is 0 Å². The third kappa shape index (κ3) is 3.19. The van der Waals surface area contributed by atoms with Gasteiger partial charge in [0.2, 0.25) is 0 Å². The van der Waals surface area contributed by atoms with Crippen LogP contribution in [-0.4, -0.2) is 38.4 Å². The molecule has 1 aromatic heterocycles. The van der Waals surface area contributed by atoms with Gasteiger partial charge in [0.25, 0.3) is 0 Å². The van der Waals surface area contributed by atoms with Crippen molar-refractivity contribution in [3.8, 4) is 5.75 Å². The van der Waals surface area contributed by atoms with Crippen LogP contribution in [0, 0.1) is 0 Å². The predicted octanol–water partition coefficient (Wildman–Crippen LogP) is 2.88. The molecule has 8 heteroatoms. The van der Waals surface area contributed by atoms with E-state index >= 15 is 0 Å². The van der Waals surface area contributed by atoms with Gasteiger partial charge in [-0.2, -0.15) is 0 Å². The lowest BCUT2D eigenvalue weighted by molar-refractivity contribution is 0.123. The lowest BCUT2D eigenvalue weighted by Crippen LogP contribution is -2.36. The van der Waals surface area contributed by atoms with E-state index in [9.17, 15) is 0 Å². The van der Waals surface area contributed by atoms with Crippen molar-refractivity contribution in [3.63, 3.8) is 0 Å². The molecule has 1 saturated heterocycles. The van der Waals surface area contributed by atoms with Crippen molar-refractivity contribution in [2.45, 2.75) is 0 Å². The summed E-state index contributed by atoms with van der Waals surface area (Å²) < 4.78 is 11.8. The second-order valence-electron chi connectivity index (χ2n) is 4.12. The number of hydrogen-bond acceptors (Lipinski definition) is 6. The second-order valence-corrected chi connectivity index (χ2v) is 5.15. The predicted molar refractivity (Wildman–Crippen MR) is 94.3 cm³/mol. The molecule has 2 N–H and O–H groups in total. The number of fused-ring (bicyclic) bond motifs is 1. The van der Waals surface area contributed by atoms with Crippen LogP contribution in [-0.2, 0) is 4.74 Å². The number of benzene rings is 1. The van der Waals surface area contributed by atoms with Crippen molar-refractivity contribution in [3.05, 3.63) is 12.1 Å². The molecule has 0 bridgehead atoms. The molecule has 1 aromatic carbocycles. The second kappa shape index (κ2) is 7.44. The molecular formula is C12H17Br2N3O2S. The van der Waals surface area contributed by atoms with E-state index in [-0.39, 0.29) is 34.0 Å². The number of ether oxygens (including phenoxy) is 2. The van der Waals surface area contributed by atoms with E-state index in [2.05, 4.69) is 16.0 Å². The van der Waals surface area contributed by atoms with Crippen molar-refractivity contribution in [1.82, 2.24) is 4.98 Å². The average molecular weight is 427 g/mol. The molecule has 2 heterocycles. The summed E-state index contributed by atoms with van der Waals surface area (Å²) in [6, 6.07) is 4.02. The van der Waals surface area contributed by atoms with Gasteiger partial charge in [-0.25, -0.2) is 4.98 Å². The maximum atomic E-state index is 5.82. The Labute approximate surface area is 142 Å². The molecule has 112 valence electrons. The van der Waals surface area contributed by atoms with Gasteiger partial charge in [-0.3, -0.25) is 0 Å². The summed E-state index contributed by atoms with van der Waals surface area (Å²) in [7, 11) is 1.65. The Balaban J connectivity index is 0.000001000. The quantitative estimate of drug-likeness (QED) is 0.799. The van der Waals surface area contributed by atoms with Crippen LogP contribution in [0.1, 0.15) is 0 Å². The fourth-order valence-electron chi connectivity index (χ4n) is 2.20. The number of nitrogen functional groups attached to an aromatic ring is 1. The van der Waals surface area contributed by atoms with Crippen LogP contribution in [0.5, 0.6) is 5.75 Å². The highest BCUT2D eigenvalue weighted by molar-refractivity contribution is 8.93. The van der Waals surface area contributed by atoms with Crippen molar-refractivity contribution in [2.24, 2.45) is 0 Å². The number of methoxy groups -OCH3 is 1. The van der Waals surface area contributed by atoms with Gasteiger partial charge >= 0.3 is 0 Å². The summed E-state index contributed by atoms with van der Waals surface area (Å²) >= 11 is 1.51. The highest BCUT2D eigenvalue weighted by Gasteiger charge is 2.18. The first-order valence-electron chi connectivity index (χ1n) is 5.85. The minimum Gasteiger partial charge on any atom is -0.494 e. The van der Waals surface area contributed by atoms with Crippen LogP contribution in [0.25, 0.3) is 10.2 Å². The zero-order valence-corrected chi connectivity index (χ0v) is 15.2. The molecule has 0 atom stereocenters. The van der Waals surface area contributed by atoms with Gasteiger partial charge in [-0.1, -0.05) is 11.3 Å². The van der Waals surface area contributed by atoms with Crippen LogP contribution < -0.4 is 15.4 Å². The summed E-state index contributed by atoms with van der Waals surface area (Å²) in [5.74, 6) is 0.773. The number of nitrogens with zero attached hydrogens (tertiary/aromatic N) is 2. The van der Waals surface area contributed by atoms with E-state index in [1.807, 2.05) is 6.07 Å². The fraction of sp³-hybridized carbons (Fsp3) is 0.417. The van der Waals surface area contributed by atoms with Gasteiger partial charge < -0.3 is 20.1 Å². The summed E-state index contributed by atoms with van der Waals surface area (Å²) in [4.78, 5) is 6.66. The first kappa shape index (κ1) is 17.5. The van der Waals surface area contributed by atoms with Gasteiger partial charge in [0.05, 0.1) is 30.7 Å². The Bertz CT molecular complexity index is 573. The summed E-state index contributed by atoms with van der Waals surface area (Å²) in [6.07, 6.45) is 0. The summed E-state index contributed by atoms with van der Waals surface area (Å²) in [5, 5.41) is 0.573. The fourth-order valence-corrected chi connectivity index (χ4v) is 3.10. The molecule has 5 nitrogen and oxygen atoms in total. The third-order valence-corrected chi connectivity index (χ3v) is 3.98. The lowest BCUT2D eigenvalue weighted by Gasteiger charge is -2.29. The molecule has 1 fully saturated rings. The molecular weight excluding hydrogens is 410 g/mol. The number of halogens is 2. The van der Waals surface area contributed by atoms with E-state index in [0.717, 1.165) is 42.3 Å². The highest BCUT2D eigenvalue weighted by Crippen LogP contribution is 2.38. The van der Waals surface area contributed by atoms with E-state index in [0.29, 0.717) is 5.13 Å². The summed E-state index contributed by atoms with van der Waals surface area (Å²) in [5.41, 5.74) is 7.84. The van der Waals surface area contributed by atoms with E-state index < -0.39 is 0 Å². The van der Waals surface area contributed by atoms with Crippen molar-refractivity contribution < 1.29 is 9.47 Å². The molecule has 0 amide bonds.